The lowest BCUT2D eigenvalue weighted by atomic mass is 9.72. The first kappa shape index (κ1) is 25.0. The number of nitrogens with zero attached hydrogens (tertiary/aromatic N) is 1. The highest BCUT2D eigenvalue weighted by Gasteiger charge is 2.71. The second-order valence-corrected chi connectivity index (χ2v) is 10.0. The van der Waals surface area contributed by atoms with Gasteiger partial charge in [0.2, 0.25) is 5.54 Å². The Labute approximate surface area is 205 Å². The minimum Gasteiger partial charge on any atom is -0.326 e. The SMILES string of the molecule is CC1(C)CC(=O)C2=C(C1)N(CCc1ccccc1)C(=O)[C@]2(NC(=O)c1ccccc1Cl)C(F)(F)F. The van der Waals surface area contributed by atoms with E-state index < -0.39 is 40.3 Å². The predicted octanol–water partition coefficient (Wildman–Crippen LogP) is 5.10. The zero-order valence-corrected chi connectivity index (χ0v) is 20.0. The van der Waals surface area contributed by atoms with Gasteiger partial charge in [-0.1, -0.05) is 67.9 Å². The van der Waals surface area contributed by atoms with Crippen molar-refractivity contribution in [3.8, 4) is 0 Å². The molecule has 1 atom stereocenters. The van der Waals surface area contributed by atoms with E-state index in [1.54, 1.807) is 26.0 Å². The van der Waals surface area contributed by atoms with Gasteiger partial charge in [-0.05, 0) is 36.0 Å². The molecule has 1 aliphatic carbocycles. The topological polar surface area (TPSA) is 66.5 Å². The lowest BCUT2D eigenvalue weighted by molar-refractivity contribution is -0.190. The number of halogens is 4. The average molecular weight is 505 g/mol. The monoisotopic (exact) mass is 504 g/mol. The summed E-state index contributed by atoms with van der Waals surface area (Å²) in [6.07, 6.45) is -5.07. The van der Waals surface area contributed by atoms with Crippen LogP contribution in [0.4, 0.5) is 13.2 Å². The number of nitrogens with one attached hydrogen (secondary N) is 1. The molecule has 0 bridgehead atoms. The van der Waals surface area contributed by atoms with E-state index in [2.05, 4.69) is 0 Å². The van der Waals surface area contributed by atoms with Crippen molar-refractivity contribution in [2.45, 2.75) is 44.8 Å². The fourth-order valence-corrected chi connectivity index (χ4v) is 5.05. The van der Waals surface area contributed by atoms with Crippen LogP contribution in [0.15, 0.2) is 65.9 Å². The Bertz CT molecular complexity index is 1220. The molecule has 1 N–H and O–H groups in total. The van der Waals surface area contributed by atoms with Crippen LogP contribution in [0.25, 0.3) is 0 Å². The number of benzene rings is 2. The normalized spacial score (nSPS) is 21.8. The van der Waals surface area contributed by atoms with Gasteiger partial charge in [-0.2, -0.15) is 13.2 Å². The van der Waals surface area contributed by atoms with Gasteiger partial charge in [-0.3, -0.25) is 14.4 Å². The van der Waals surface area contributed by atoms with Crippen molar-refractivity contribution in [3.63, 3.8) is 0 Å². The Balaban J connectivity index is 1.82. The second-order valence-electron chi connectivity index (χ2n) is 9.64. The minimum atomic E-state index is -5.26. The van der Waals surface area contributed by atoms with E-state index in [4.69, 9.17) is 11.6 Å². The molecule has 0 saturated carbocycles. The molecule has 4 rings (SSSR count). The van der Waals surface area contributed by atoms with E-state index in [-0.39, 0.29) is 42.1 Å². The van der Waals surface area contributed by atoms with Crippen molar-refractivity contribution >= 4 is 29.2 Å². The number of ketones is 1. The Morgan fingerprint density at radius 3 is 2.29 bits per heavy atom. The van der Waals surface area contributed by atoms with E-state index in [0.717, 1.165) is 10.5 Å². The van der Waals surface area contributed by atoms with Crippen LogP contribution in [0.3, 0.4) is 0 Å². The number of alkyl halides is 3. The fraction of sp³-hybridized carbons (Fsp3) is 0.346. The molecule has 0 spiro atoms. The molecule has 0 radical (unpaired) electrons. The van der Waals surface area contributed by atoms with Gasteiger partial charge in [0.25, 0.3) is 11.8 Å². The quantitative estimate of drug-likeness (QED) is 0.616. The minimum absolute atomic E-state index is 0.0176. The zero-order chi connectivity index (χ0) is 25.6. The van der Waals surface area contributed by atoms with Gasteiger partial charge in [0.15, 0.2) is 5.78 Å². The Morgan fingerprint density at radius 2 is 1.66 bits per heavy atom. The van der Waals surface area contributed by atoms with Crippen LogP contribution >= 0.6 is 11.6 Å². The maximum Gasteiger partial charge on any atom is 0.425 e. The smallest absolute Gasteiger partial charge is 0.326 e. The summed E-state index contributed by atoms with van der Waals surface area (Å²) in [4.78, 5) is 40.9. The summed E-state index contributed by atoms with van der Waals surface area (Å²) in [5.74, 6) is -3.36. The van der Waals surface area contributed by atoms with Gasteiger partial charge >= 0.3 is 6.18 Å². The summed E-state index contributed by atoms with van der Waals surface area (Å²) in [5.41, 5.74) is -4.20. The molecule has 184 valence electrons. The van der Waals surface area contributed by atoms with Crippen molar-refractivity contribution in [1.29, 1.82) is 0 Å². The first-order chi connectivity index (χ1) is 16.4. The first-order valence-corrected chi connectivity index (χ1v) is 11.5. The van der Waals surface area contributed by atoms with E-state index in [1.165, 1.54) is 24.3 Å². The number of rotatable bonds is 5. The molecule has 0 saturated heterocycles. The van der Waals surface area contributed by atoms with Crippen molar-refractivity contribution < 1.29 is 27.6 Å². The van der Waals surface area contributed by atoms with E-state index in [0.29, 0.717) is 0 Å². The summed E-state index contributed by atoms with van der Waals surface area (Å²) in [6.45, 7) is 3.47. The van der Waals surface area contributed by atoms with Gasteiger partial charge in [0, 0.05) is 18.7 Å². The molecular weight excluding hydrogens is 481 g/mol. The van der Waals surface area contributed by atoms with Gasteiger partial charge in [-0.15, -0.1) is 0 Å². The molecule has 2 aliphatic rings. The molecule has 2 amide bonds. The van der Waals surface area contributed by atoms with E-state index >= 15 is 0 Å². The number of carbonyl (C=O) groups excluding carboxylic acids is 3. The third-order valence-electron chi connectivity index (χ3n) is 6.43. The lowest BCUT2D eigenvalue weighted by Crippen LogP contribution is -2.66. The molecule has 0 aromatic heterocycles. The second kappa shape index (κ2) is 8.82. The number of hydrogen-bond donors (Lipinski definition) is 1. The zero-order valence-electron chi connectivity index (χ0n) is 19.2. The highest BCUT2D eigenvalue weighted by Crippen LogP contribution is 2.51. The van der Waals surface area contributed by atoms with Crippen LogP contribution in [0, 0.1) is 5.41 Å². The maximum absolute atomic E-state index is 14.8. The molecule has 1 heterocycles. The van der Waals surface area contributed by atoms with Crippen molar-refractivity contribution in [2.24, 2.45) is 5.41 Å². The summed E-state index contributed by atoms with van der Waals surface area (Å²) >= 11 is 6.03. The highest BCUT2D eigenvalue weighted by molar-refractivity contribution is 6.34. The van der Waals surface area contributed by atoms with Crippen LogP contribution in [-0.4, -0.2) is 40.8 Å². The summed E-state index contributed by atoms with van der Waals surface area (Å²) < 4.78 is 44.5. The number of allylic oxidation sites excluding steroid dienone is 1. The van der Waals surface area contributed by atoms with E-state index in [9.17, 15) is 27.6 Å². The van der Waals surface area contributed by atoms with Gasteiger partial charge in [0.1, 0.15) is 0 Å². The third kappa shape index (κ3) is 4.35. The largest absolute Gasteiger partial charge is 0.425 e. The van der Waals surface area contributed by atoms with Crippen LogP contribution in [-0.2, 0) is 16.0 Å². The number of carbonyl (C=O) groups is 3. The molecule has 9 heteroatoms. The van der Waals surface area contributed by atoms with E-state index in [1.807, 2.05) is 23.5 Å². The predicted molar refractivity (Wildman–Crippen MR) is 125 cm³/mol. The Morgan fingerprint density at radius 1 is 1.03 bits per heavy atom. The van der Waals surface area contributed by atoms with Crippen molar-refractivity contribution in [1.82, 2.24) is 10.2 Å². The maximum atomic E-state index is 14.8. The standard InChI is InChI=1S/C26H24ClF3N2O3/c1-24(2)14-19-21(20(33)15-24)25(26(28,29)30,31-22(34)17-10-6-7-11-18(17)27)23(35)32(19)13-12-16-8-4-3-5-9-16/h3-11H,12-15H2,1-2H3,(H,31,34)/t25-/m0/s1. The molecular formula is C26H24ClF3N2O3. The summed E-state index contributed by atoms with van der Waals surface area (Å²) in [7, 11) is 0. The van der Waals surface area contributed by atoms with Gasteiger partial charge < -0.3 is 10.2 Å². The fourth-order valence-electron chi connectivity index (χ4n) is 4.83. The van der Waals surface area contributed by atoms with Crippen molar-refractivity contribution in [2.75, 3.05) is 6.54 Å². The average Bonchev–Trinajstić information content (AvgIpc) is 3.00. The van der Waals surface area contributed by atoms with Gasteiger partial charge in [0.05, 0.1) is 16.2 Å². The molecule has 0 unspecified atom stereocenters. The van der Waals surface area contributed by atoms with Crippen LogP contribution in [0.2, 0.25) is 5.02 Å². The third-order valence-corrected chi connectivity index (χ3v) is 6.76. The molecule has 2 aromatic rings. The number of amides is 2. The highest BCUT2D eigenvalue weighted by atomic mass is 35.5. The van der Waals surface area contributed by atoms with Crippen LogP contribution in [0.1, 0.15) is 42.6 Å². The summed E-state index contributed by atoms with van der Waals surface area (Å²) in [6, 6.07) is 14.6. The molecule has 0 fully saturated rings. The molecule has 35 heavy (non-hydrogen) atoms. The molecule has 5 nitrogen and oxygen atoms in total. The van der Waals surface area contributed by atoms with Crippen LogP contribution < -0.4 is 5.32 Å². The number of hydrogen-bond acceptors (Lipinski definition) is 3. The van der Waals surface area contributed by atoms with Crippen LogP contribution in [0.5, 0.6) is 0 Å². The Kier molecular flexibility index (Phi) is 6.30. The first-order valence-electron chi connectivity index (χ1n) is 11.1. The van der Waals surface area contributed by atoms with Crippen molar-refractivity contribution in [3.05, 3.63) is 82.0 Å². The Hall–Kier alpha value is -3.13. The molecule has 2 aromatic carbocycles. The van der Waals surface area contributed by atoms with Gasteiger partial charge in [-0.25, -0.2) is 0 Å². The number of Topliss-reactive ketones (excluding diaryl/α,β-unsaturated/α-hetero) is 1. The summed E-state index contributed by atoms with van der Waals surface area (Å²) in [5, 5.41) is 1.84. The molecule has 1 aliphatic heterocycles. The lowest BCUT2D eigenvalue weighted by Gasteiger charge is -2.35.